The van der Waals surface area contributed by atoms with Gasteiger partial charge in [0.25, 0.3) is 0 Å². The van der Waals surface area contributed by atoms with E-state index in [4.69, 9.17) is 0 Å². The van der Waals surface area contributed by atoms with E-state index in [0.29, 0.717) is 50.5 Å². The van der Waals surface area contributed by atoms with E-state index in [1.807, 2.05) is 9.80 Å². The fourth-order valence-electron chi connectivity index (χ4n) is 5.01. The van der Waals surface area contributed by atoms with Gasteiger partial charge in [0.1, 0.15) is 0 Å². The van der Waals surface area contributed by atoms with Crippen molar-refractivity contribution in [1.82, 2.24) is 14.8 Å². The Bertz CT molecular complexity index is 722. The summed E-state index contributed by atoms with van der Waals surface area (Å²) in [5.74, 6) is 0.114. The summed E-state index contributed by atoms with van der Waals surface area (Å²) in [5.41, 5.74) is 0.650. The van der Waals surface area contributed by atoms with Crippen molar-refractivity contribution in [1.29, 1.82) is 0 Å². The van der Waals surface area contributed by atoms with Crippen molar-refractivity contribution in [2.24, 2.45) is 11.8 Å². The van der Waals surface area contributed by atoms with Gasteiger partial charge in [-0.25, -0.2) is 0 Å². The molecule has 3 aliphatic rings. The number of hydrogen-bond acceptors (Lipinski definition) is 4. The lowest BCUT2D eigenvalue weighted by Gasteiger charge is -2.34. The molecule has 2 saturated heterocycles. The van der Waals surface area contributed by atoms with Gasteiger partial charge in [0.05, 0.1) is 5.92 Å². The fourth-order valence-corrected chi connectivity index (χ4v) is 5.01. The minimum Gasteiger partial charge on any atom is -0.342 e. The van der Waals surface area contributed by atoms with E-state index in [1.165, 1.54) is 19.3 Å². The van der Waals surface area contributed by atoms with Crippen LogP contribution >= 0.6 is 0 Å². The van der Waals surface area contributed by atoms with Crippen LogP contribution in [0.1, 0.15) is 61.7 Å². The van der Waals surface area contributed by atoms with Crippen LogP contribution in [0.2, 0.25) is 0 Å². The lowest BCUT2D eigenvalue weighted by atomic mass is 9.89. The van der Waals surface area contributed by atoms with Crippen molar-refractivity contribution >= 4 is 17.6 Å². The SMILES string of the molecule is O=C(c1cccnc1)C1CCN(C(=O)C2CC(=O)N(C3CCCCC3)C2)CC1. The second-order valence-electron chi connectivity index (χ2n) is 8.44. The second kappa shape index (κ2) is 8.41. The van der Waals surface area contributed by atoms with Crippen molar-refractivity contribution in [2.75, 3.05) is 19.6 Å². The number of Topliss-reactive ketones (excluding diaryl/α,β-unsaturated/α-hetero) is 1. The van der Waals surface area contributed by atoms with Gasteiger partial charge in [-0.3, -0.25) is 19.4 Å². The van der Waals surface area contributed by atoms with E-state index < -0.39 is 0 Å². The van der Waals surface area contributed by atoms with Crippen LogP contribution < -0.4 is 0 Å². The van der Waals surface area contributed by atoms with Gasteiger partial charge in [0.15, 0.2) is 5.78 Å². The van der Waals surface area contributed by atoms with Gasteiger partial charge in [0.2, 0.25) is 11.8 Å². The largest absolute Gasteiger partial charge is 0.342 e. The molecule has 0 N–H and O–H groups in total. The summed E-state index contributed by atoms with van der Waals surface area (Å²) in [6, 6.07) is 3.92. The van der Waals surface area contributed by atoms with Gasteiger partial charge in [-0.1, -0.05) is 19.3 Å². The molecule has 1 aromatic heterocycles. The molecule has 0 spiro atoms. The number of ketones is 1. The summed E-state index contributed by atoms with van der Waals surface area (Å²) >= 11 is 0. The molecule has 6 heteroatoms. The molecule has 1 unspecified atom stereocenters. The molecule has 2 aliphatic heterocycles. The molecule has 28 heavy (non-hydrogen) atoms. The molecular weight excluding hydrogens is 354 g/mol. The molecule has 150 valence electrons. The van der Waals surface area contributed by atoms with Crippen LogP contribution in [-0.2, 0) is 9.59 Å². The zero-order valence-corrected chi connectivity index (χ0v) is 16.4. The molecule has 0 aromatic carbocycles. The monoisotopic (exact) mass is 383 g/mol. The number of aromatic nitrogens is 1. The third-order valence-electron chi connectivity index (χ3n) is 6.65. The highest BCUT2D eigenvalue weighted by atomic mass is 16.2. The Hall–Kier alpha value is -2.24. The minimum absolute atomic E-state index is 0.0443. The Morgan fingerprint density at radius 3 is 2.43 bits per heavy atom. The first-order chi connectivity index (χ1) is 13.6. The average Bonchev–Trinajstić information content (AvgIpc) is 3.15. The molecule has 0 bridgehead atoms. The molecule has 2 amide bonds. The van der Waals surface area contributed by atoms with Gasteiger partial charge in [0, 0.05) is 56.0 Å². The van der Waals surface area contributed by atoms with E-state index in [9.17, 15) is 14.4 Å². The van der Waals surface area contributed by atoms with Crippen molar-refractivity contribution in [3.8, 4) is 0 Å². The lowest BCUT2D eigenvalue weighted by molar-refractivity contribution is -0.137. The molecule has 3 heterocycles. The van der Waals surface area contributed by atoms with Crippen LogP contribution in [0.4, 0.5) is 0 Å². The highest BCUT2D eigenvalue weighted by Crippen LogP contribution is 2.30. The van der Waals surface area contributed by atoms with Crippen LogP contribution in [-0.4, -0.2) is 58.1 Å². The molecule has 1 aliphatic carbocycles. The third-order valence-corrected chi connectivity index (χ3v) is 6.65. The summed E-state index contributed by atoms with van der Waals surface area (Å²) in [4.78, 5) is 45.9. The first kappa shape index (κ1) is 19.1. The number of nitrogens with zero attached hydrogens (tertiary/aromatic N) is 3. The van der Waals surface area contributed by atoms with Crippen molar-refractivity contribution < 1.29 is 14.4 Å². The quantitative estimate of drug-likeness (QED) is 0.750. The third kappa shape index (κ3) is 3.96. The van der Waals surface area contributed by atoms with E-state index >= 15 is 0 Å². The zero-order chi connectivity index (χ0) is 19.5. The standard InChI is InChI=1S/C22H29N3O3/c26-20-13-18(15-25(20)19-6-2-1-3-7-19)22(28)24-11-8-16(9-12-24)21(27)17-5-4-10-23-14-17/h4-5,10,14,16,18-19H,1-3,6-9,11-13,15H2. The summed E-state index contributed by atoms with van der Waals surface area (Å²) < 4.78 is 0. The Kier molecular flexibility index (Phi) is 5.74. The maximum atomic E-state index is 13.0. The van der Waals surface area contributed by atoms with Crippen LogP contribution in [0.3, 0.4) is 0 Å². The number of pyridine rings is 1. The number of likely N-dealkylation sites (tertiary alicyclic amines) is 2. The predicted octanol–water partition coefficient (Wildman–Crippen LogP) is 2.68. The minimum atomic E-state index is -0.208. The molecule has 0 radical (unpaired) electrons. The number of rotatable bonds is 4. The molecule has 1 atom stereocenters. The number of hydrogen-bond donors (Lipinski definition) is 0. The Balaban J connectivity index is 1.30. The van der Waals surface area contributed by atoms with Gasteiger partial charge in [-0.15, -0.1) is 0 Å². The van der Waals surface area contributed by atoms with Crippen molar-refractivity contribution in [3.05, 3.63) is 30.1 Å². The first-order valence-electron chi connectivity index (χ1n) is 10.7. The molecule has 4 rings (SSSR count). The Labute approximate surface area is 166 Å². The summed E-state index contributed by atoms with van der Waals surface area (Å²) in [6.45, 7) is 1.78. The maximum Gasteiger partial charge on any atom is 0.227 e. The zero-order valence-electron chi connectivity index (χ0n) is 16.4. The normalized spacial score (nSPS) is 24.6. The predicted molar refractivity (Wildman–Crippen MR) is 105 cm³/mol. The first-order valence-corrected chi connectivity index (χ1v) is 10.7. The van der Waals surface area contributed by atoms with E-state index in [1.54, 1.807) is 24.5 Å². The van der Waals surface area contributed by atoms with E-state index in [-0.39, 0.29) is 29.4 Å². The summed E-state index contributed by atoms with van der Waals surface area (Å²) in [6.07, 6.45) is 10.8. The van der Waals surface area contributed by atoms with E-state index in [2.05, 4.69) is 4.98 Å². The van der Waals surface area contributed by atoms with Gasteiger partial charge >= 0.3 is 0 Å². The fraction of sp³-hybridized carbons (Fsp3) is 0.636. The number of amides is 2. The van der Waals surface area contributed by atoms with Gasteiger partial charge in [-0.2, -0.15) is 0 Å². The van der Waals surface area contributed by atoms with Gasteiger partial charge < -0.3 is 9.80 Å². The Morgan fingerprint density at radius 2 is 1.75 bits per heavy atom. The highest BCUT2D eigenvalue weighted by Gasteiger charge is 2.40. The molecule has 6 nitrogen and oxygen atoms in total. The van der Waals surface area contributed by atoms with Crippen LogP contribution in [0.5, 0.6) is 0 Å². The molecule has 1 aromatic rings. The number of piperidine rings is 1. The van der Waals surface area contributed by atoms with Gasteiger partial charge in [-0.05, 0) is 37.8 Å². The number of carbonyl (C=O) groups is 3. The summed E-state index contributed by atoms with van der Waals surface area (Å²) in [7, 11) is 0. The highest BCUT2D eigenvalue weighted by molar-refractivity contribution is 5.97. The van der Waals surface area contributed by atoms with Crippen molar-refractivity contribution in [2.45, 2.75) is 57.4 Å². The topological polar surface area (TPSA) is 70.6 Å². The summed E-state index contributed by atoms with van der Waals surface area (Å²) in [5, 5.41) is 0. The van der Waals surface area contributed by atoms with Crippen LogP contribution in [0.15, 0.2) is 24.5 Å². The lowest BCUT2D eigenvalue weighted by Crippen LogP contribution is -2.44. The molecule has 3 fully saturated rings. The molecule has 1 saturated carbocycles. The second-order valence-corrected chi connectivity index (χ2v) is 8.44. The Morgan fingerprint density at radius 1 is 1.00 bits per heavy atom. The maximum absolute atomic E-state index is 13.0. The van der Waals surface area contributed by atoms with Crippen LogP contribution in [0.25, 0.3) is 0 Å². The van der Waals surface area contributed by atoms with Crippen LogP contribution in [0, 0.1) is 11.8 Å². The average molecular weight is 383 g/mol. The smallest absolute Gasteiger partial charge is 0.227 e. The van der Waals surface area contributed by atoms with Crippen molar-refractivity contribution in [3.63, 3.8) is 0 Å². The van der Waals surface area contributed by atoms with E-state index in [0.717, 1.165) is 12.8 Å². The number of carbonyl (C=O) groups excluding carboxylic acids is 3. The molecular formula is C22H29N3O3.